The minimum Gasteiger partial charge on any atom is -0.550 e. The van der Waals surface area contributed by atoms with Gasteiger partial charge in [-0.1, -0.05) is 0 Å². The largest absolute Gasteiger partial charge is 1.00 e. The zero-order valence-corrected chi connectivity index (χ0v) is 39.6. The number of amides is 2. The van der Waals surface area contributed by atoms with Gasteiger partial charge in [-0.25, -0.2) is 9.59 Å². The number of aromatic nitrogens is 4. The monoisotopic (exact) mass is 934 g/mol. The Kier molecular flexibility index (Phi) is 20.5. The van der Waals surface area contributed by atoms with Crippen LogP contribution in [0, 0.1) is 0 Å². The smallest absolute Gasteiger partial charge is 0.550 e. The first kappa shape index (κ1) is 53.8. The molecule has 0 fully saturated rings. The number of carboxylic acid groups (broad SMARTS) is 4. The van der Waals surface area contributed by atoms with Crippen molar-refractivity contribution < 1.29 is 108 Å². The third kappa shape index (κ3) is 15.8. The van der Waals surface area contributed by atoms with E-state index < -0.39 is 60.6 Å². The van der Waals surface area contributed by atoms with Crippen LogP contribution in [0.25, 0.3) is 0 Å². The van der Waals surface area contributed by atoms with Crippen LogP contribution in [0.3, 0.4) is 0 Å². The second-order valence-electron chi connectivity index (χ2n) is 14.3. The van der Waals surface area contributed by atoms with Crippen molar-refractivity contribution in [3.05, 3.63) is 80.4 Å². The molecular formula is C38H44N14Na2O12. The third-order valence-corrected chi connectivity index (χ3v) is 9.48. The van der Waals surface area contributed by atoms with Gasteiger partial charge in [0.05, 0.1) is 12.1 Å². The fourth-order valence-corrected chi connectivity index (χ4v) is 6.18. The Morgan fingerprint density at radius 2 is 0.985 bits per heavy atom. The molecule has 66 heavy (non-hydrogen) atoms. The molecule has 2 aliphatic rings. The summed E-state index contributed by atoms with van der Waals surface area (Å²) >= 11 is 0. The van der Waals surface area contributed by atoms with Gasteiger partial charge in [0.1, 0.15) is 23.5 Å². The average Bonchev–Trinajstić information content (AvgIpc) is 3.25. The molecule has 2 aromatic heterocycles. The molecule has 2 aliphatic heterocycles. The number of aliphatic carboxylic acids is 4. The van der Waals surface area contributed by atoms with Crippen molar-refractivity contribution in [1.29, 1.82) is 0 Å². The Morgan fingerprint density at radius 3 is 1.30 bits per heavy atom. The Morgan fingerprint density at radius 1 is 0.636 bits per heavy atom. The quantitative estimate of drug-likeness (QED) is 0.0412. The maximum absolute atomic E-state index is 12.3. The van der Waals surface area contributed by atoms with Crippen LogP contribution in [0.15, 0.2) is 58.1 Å². The van der Waals surface area contributed by atoms with E-state index in [1.54, 1.807) is 24.3 Å². The van der Waals surface area contributed by atoms with Gasteiger partial charge in [0, 0.05) is 60.6 Å². The van der Waals surface area contributed by atoms with Crippen molar-refractivity contribution in [1.82, 2.24) is 30.6 Å². The Labute approximate surface area is 417 Å². The van der Waals surface area contributed by atoms with Crippen molar-refractivity contribution in [2.24, 2.45) is 0 Å². The van der Waals surface area contributed by atoms with Gasteiger partial charge in [0.2, 0.25) is 11.9 Å². The van der Waals surface area contributed by atoms with Crippen molar-refractivity contribution in [2.75, 3.05) is 69.5 Å². The molecule has 4 aromatic rings. The van der Waals surface area contributed by atoms with Crippen molar-refractivity contribution in [3.63, 3.8) is 0 Å². The first-order valence-corrected chi connectivity index (χ1v) is 19.4. The molecule has 6 rings (SSSR count). The van der Waals surface area contributed by atoms with Gasteiger partial charge >= 0.3 is 71.1 Å². The maximum atomic E-state index is 12.3. The molecule has 2 unspecified atom stereocenters. The van der Waals surface area contributed by atoms with Crippen LogP contribution in [0.4, 0.5) is 46.3 Å². The van der Waals surface area contributed by atoms with Crippen LogP contribution in [0.2, 0.25) is 0 Å². The molecule has 4 heterocycles. The van der Waals surface area contributed by atoms with E-state index in [0.717, 1.165) is 0 Å². The number of fused-ring (bicyclic) bond motifs is 2. The van der Waals surface area contributed by atoms with Crippen LogP contribution in [-0.2, 0) is 19.2 Å². The Balaban J connectivity index is 0.000000340. The zero-order chi connectivity index (χ0) is 46.5. The molecule has 16 N–H and O–H groups in total. The number of H-pyrrole nitrogens is 2. The summed E-state index contributed by atoms with van der Waals surface area (Å²) in [4.78, 5) is 105. The second kappa shape index (κ2) is 25.2. The number of nitrogens with one attached hydrogen (secondary N) is 10. The summed E-state index contributed by atoms with van der Waals surface area (Å²) in [5.74, 6) is -5.89. The molecular weight excluding hydrogens is 890 g/mol. The van der Waals surface area contributed by atoms with Crippen LogP contribution in [0.1, 0.15) is 46.4 Å². The van der Waals surface area contributed by atoms with E-state index in [4.69, 9.17) is 21.7 Å². The zero-order valence-electron chi connectivity index (χ0n) is 35.6. The minimum absolute atomic E-state index is 0. The number of anilines is 8. The molecule has 0 bridgehead atoms. The molecule has 0 saturated heterocycles. The van der Waals surface area contributed by atoms with Gasteiger partial charge in [-0.15, -0.1) is 0 Å². The topological polar surface area (TPSA) is 429 Å². The SMILES string of the molecule is Nc1nc2c(c(=O)[nH]1)NC(CNc1ccc(C(=O)N[C@@H](CCC(=O)[O-])C(=O)O)cc1)CN2.Nc1nc2c(c(=O)[nH]1)NC(CNc1ccc(C(=O)N[C@@H](CCC(=O)[O-])C(=O)O)cc1)CN2.[Na+].[Na+]. The van der Waals surface area contributed by atoms with Gasteiger partial charge in [-0.05, 0) is 74.2 Å². The predicted molar refractivity (Wildman–Crippen MR) is 226 cm³/mol. The number of nitrogens with two attached hydrogens (primary N) is 2. The van der Waals surface area contributed by atoms with Gasteiger partial charge in [-0.3, -0.25) is 29.1 Å². The van der Waals surface area contributed by atoms with Gasteiger partial charge in [-0.2, -0.15) is 9.97 Å². The van der Waals surface area contributed by atoms with Crippen LogP contribution in [0.5, 0.6) is 0 Å². The van der Waals surface area contributed by atoms with E-state index in [2.05, 4.69) is 62.5 Å². The molecule has 4 atom stereocenters. The molecule has 26 nitrogen and oxygen atoms in total. The van der Waals surface area contributed by atoms with Gasteiger partial charge in [0.15, 0.2) is 11.6 Å². The number of aromatic amines is 2. The molecule has 2 amide bonds. The van der Waals surface area contributed by atoms with E-state index in [9.17, 15) is 48.6 Å². The number of rotatable bonds is 18. The number of hydrogen-bond donors (Lipinski definition) is 14. The van der Waals surface area contributed by atoms with E-state index in [1.807, 2.05) is 0 Å². The predicted octanol–water partition coefficient (Wildman–Crippen LogP) is -9.23. The Hall–Kier alpha value is -6.58. The van der Waals surface area contributed by atoms with E-state index >= 15 is 0 Å². The molecule has 2 aromatic carbocycles. The number of benzene rings is 2. The van der Waals surface area contributed by atoms with Crippen LogP contribution >= 0.6 is 0 Å². The Bertz CT molecular complexity index is 2320. The molecule has 0 aliphatic carbocycles. The summed E-state index contributed by atoms with van der Waals surface area (Å²) in [6, 6.07) is 9.69. The fraction of sp³-hybridized carbons (Fsp3) is 0.316. The van der Waals surface area contributed by atoms with Crippen molar-refractivity contribution in [3.8, 4) is 0 Å². The van der Waals surface area contributed by atoms with E-state index in [1.165, 1.54) is 24.3 Å². The maximum Gasteiger partial charge on any atom is 1.00 e. The summed E-state index contributed by atoms with van der Waals surface area (Å²) in [6.07, 6.45) is -1.52. The summed E-state index contributed by atoms with van der Waals surface area (Å²) in [5, 5.41) is 62.5. The van der Waals surface area contributed by atoms with E-state index in [-0.39, 0.29) is 118 Å². The number of carboxylic acids is 4. The van der Waals surface area contributed by atoms with Gasteiger partial charge < -0.3 is 84.0 Å². The van der Waals surface area contributed by atoms with Crippen LogP contribution < -0.4 is 134 Å². The molecule has 0 saturated carbocycles. The van der Waals surface area contributed by atoms with Crippen LogP contribution in [-0.4, -0.2) is 116 Å². The summed E-state index contributed by atoms with van der Waals surface area (Å²) in [7, 11) is 0. The molecule has 340 valence electrons. The third-order valence-electron chi connectivity index (χ3n) is 9.48. The summed E-state index contributed by atoms with van der Waals surface area (Å²) in [6.45, 7) is 1.90. The molecule has 0 radical (unpaired) electrons. The first-order chi connectivity index (χ1) is 30.4. The normalized spacial score (nSPS) is 15.0. The number of nitrogen functional groups attached to an aromatic ring is 2. The number of nitrogens with zero attached hydrogens (tertiary/aromatic N) is 2. The number of carbonyl (C=O) groups excluding carboxylic acids is 4. The summed E-state index contributed by atoms with van der Waals surface area (Å²) < 4.78 is 0. The summed E-state index contributed by atoms with van der Waals surface area (Å²) in [5.41, 5.74) is 12.7. The standard InChI is InChI=1S/2C19H23N7O6.2Na/c2*20-19-25-15-14(17(30)26-19)23-11(8-22-15)7-21-10-3-1-9(2-4-10)16(29)24-12(18(31)32)5-6-13(27)28;;/h2*1-4,11-12,21,23H,5-8H2,(H,24,29)(H,27,28)(H,31,32)(H4,20,22,25,26,30);;/q;;2*+1/p-2/t2*11?,12-;;/m00../s1. The molecule has 0 spiro atoms. The van der Waals surface area contributed by atoms with Crippen molar-refractivity contribution in [2.45, 2.75) is 49.9 Å². The van der Waals surface area contributed by atoms with Gasteiger partial charge in [0.25, 0.3) is 22.9 Å². The second-order valence-corrected chi connectivity index (χ2v) is 14.3. The average molecular weight is 935 g/mol. The first-order valence-electron chi connectivity index (χ1n) is 19.4. The number of carbonyl (C=O) groups is 6. The number of hydrogen-bond acceptors (Lipinski definition) is 20. The fourth-order valence-electron chi connectivity index (χ4n) is 6.18. The minimum atomic E-state index is -1.39. The van der Waals surface area contributed by atoms with Crippen molar-refractivity contribution >= 4 is 82.0 Å². The van der Waals surface area contributed by atoms with E-state index in [0.29, 0.717) is 60.6 Å². The molecule has 28 heteroatoms.